The minimum atomic E-state index is -0.901. The molecule has 2 atom stereocenters. The predicted molar refractivity (Wildman–Crippen MR) is 47.1 cm³/mol. The molecule has 14 heavy (non-hydrogen) atoms. The van der Waals surface area contributed by atoms with Crippen molar-refractivity contribution in [3.63, 3.8) is 0 Å². The zero-order valence-electron chi connectivity index (χ0n) is 7.69. The SMILES string of the molecule is N#CCCCNC(=O)C1CC1C(=O)O. The first-order valence-corrected chi connectivity index (χ1v) is 4.54. The molecule has 0 heterocycles. The van der Waals surface area contributed by atoms with Crippen molar-refractivity contribution in [2.45, 2.75) is 19.3 Å². The molecule has 1 aliphatic carbocycles. The summed E-state index contributed by atoms with van der Waals surface area (Å²) in [5, 5.41) is 19.4. The van der Waals surface area contributed by atoms with E-state index in [0.29, 0.717) is 25.8 Å². The normalized spacial score (nSPS) is 23.6. The van der Waals surface area contributed by atoms with Crippen molar-refractivity contribution in [3.8, 4) is 6.07 Å². The van der Waals surface area contributed by atoms with E-state index in [4.69, 9.17) is 10.4 Å². The standard InChI is InChI=1S/C9H12N2O3/c10-3-1-2-4-11-8(12)6-5-7(6)9(13)14/h6-7H,1-2,4-5H2,(H,11,12)(H,13,14). The molecule has 1 aliphatic rings. The average molecular weight is 196 g/mol. The number of carboxylic acid groups (broad SMARTS) is 1. The maximum absolute atomic E-state index is 11.2. The van der Waals surface area contributed by atoms with E-state index in [9.17, 15) is 9.59 Å². The molecule has 2 unspecified atom stereocenters. The summed E-state index contributed by atoms with van der Waals surface area (Å²) in [5.74, 6) is -1.95. The summed E-state index contributed by atoms with van der Waals surface area (Å²) in [6, 6.07) is 1.97. The Kier molecular flexibility index (Phi) is 3.46. The first-order valence-electron chi connectivity index (χ1n) is 4.54. The molecule has 5 nitrogen and oxygen atoms in total. The molecule has 0 aromatic heterocycles. The number of carbonyl (C=O) groups is 2. The van der Waals surface area contributed by atoms with Crippen molar-refractivity contribution in [2.24, 2.45) is 11.8 Å². The Morgan fingerprint density at radius 1 is 1.50 bits per heavy atom. The van der Waals surface area contributed by atoms with Gasteiger partial charge in [0.05, 0.1) is 17.9 Å². The third kappa shape index (κ3) is 2.73. The smallest absolute Gasteiger partial charge is 0.307 e. The van der Waals surface area contributed by atoms with Crippen LogP contribution in [0.1, 0.15) is 19.3 Å². The van der Waals surface area contributed by atoms with E-state index in [2.05, 4.69) is 5.32 Å². The molecule has 2 N–H and O–H groups in total. The van der Waals surface area contributed by atoms with Crippen LogP contribution in [0.3, 0.4) is 0 Å². The van der Waals surface area contributed by atoms with Gasteiger partial charge in [0.1, 0.15) is 0 Å². The molecule has 0 aromatic rings. The first-order chi connectivity index (χ1) is 6.66. The van der Waals surface area contributed by atoms with Crippen LogP contribution in [0.2, 0.25) is 0 Å². The molecule has 0 spiro atoms. The number of hydrogen-bond donors (Lipinski definition) is 2. The molecule has 76 valence electrons. The van der Waals surface area contributed by atoms with Crippen molar-refractivity contribution in [3.05, 3.63) is 0 Å². The number of hydrogen-bond acceptors (Lipinski definition) is 3. The molecular formula is C9H12N2O3. The number of amides is 1. The molecule has 5 heteroatoms. The highest BCUT2D eigenvalue weighted by atomic mass is 16.4. The zero-order chi connectivity index (χ0) is 10.6. The lowest BCUT2D eigenvalue weighted by molar-refractivity contribution is -0.140. The minimum absolute atomic E-state index is 0.199. The lowest BCUT2D eigenvalue weighted by Gasteiger charge is -2.01. The lowest BCUT2D eigenvalue weighted by Crippen LogP contribution is -2.27. The number of unbranched alkanes of at least 4 members (excludes halogenated alkanes) is 1. The summed E-state index contributed by atoms with van der Waals surface area (Å²) in [6.45, 7) is 0.454. The van der Waals surface area contributed by atoms with Gasteiger partial charge in [-0.25, -0.2) is 0 Å². The Balaban J connectivity index is 2.13. The Bertz CT molecular complexity index is 282. The molecule has 0 radical (unpaired) electrons. The van der Waals surface area contributed by atoms with E-state index in [0.717, 1.165) is 0 Å². The van der Waals surface area contributed by atoms with Crippen LogP contribution in [0.15, 0.2) is 0 Å². The highest BCUT2D eigenvalue weighted by Gasteiger charge is 2.48. The van der Waals surface area contributed by atoms with E-state index < -0.39 is 11.9 Å². The van der Waals surface area contributed by atoms with Crippen LogP contribution in [0.25, 0.3) is 0 Å². The second kappa shape index (κ2) is 4.61. The summed E-state index contributed by atoms with van der Waals surface area (Å²) < 4.78 is 0. The Labute approximate surface area is 81.7 Å². The van der Waals surface area contributed by atoms with Crippen LogP contribution in [-0.4, -0.2) is 23.5 Å². The molecule has 0 aromatic carbocycles. The molecule has 1 fully saturated rings. The number of nitrogens with one attached hydrogen (secondary N) is 1. The second-order valence-electron chi connectivity index (χ2n) is 3.34. The number of carbonyl (C=O) groups excluding carboxylic acids is 1. The average Bonchev–Trinajstić information content (AvgIpc) is 2.91. The van der Waals surface area contributed by atoms with Crippen LogP contribution < -0.4 is 5.32 Å². The fourth-order valence-electron chi connectivity index (χ4n) is 1.27. The van der Waals surface area contributed by atoms with Crippen molar-refractivity contribution in [1.82, 2.24) is 5.32 Å². The molecule has 1 amide bonds. The monoisotopic (exact) mass is 196 g/mol. The van der Waals surface area contributed by atoms with Gasteiger partial charge in [0, 0.05) is 13.0 Å². The third-order valence-corrected chi connectivity index (χ3v) is 2.21. The van der Waals surface area contributed by atoms with E-state index >= 15 is 0 Å². The number of rotatable bonds is 5. The van der Waals surface area contributed by atoms with E-state index in [1.54, 1.807) is 0 Å². The Morgan fingerprint density at radius 3 is 2.71 bits per heavy atom. The summed E-state index contributed by atoms with van der Waals surface area (Å²) in [7, 11) is 0. The number of aliphatic carboxylic acids is 1. The lowest BCUT2D eigenvalue weighted by atomic mass is 10.3. The maximum Gasteiger partial charge on any atom is 0.307 e. The van der Waals surface area contributed by atoms with Gasteiger partial charge in [-0.05, 0) is 12.8 Å². The Hall–Kier alpha value is -1.57. The van der Waals surface area contributed by atoms with Gasteiger partial charge in [-0.1, -0.05) is 0 Å². The van der Waals surface area contributed by atoms with Crippen molar-refractivity contribution in [2.75, 3.05) is 6.54 Å². The van der Waals surface area contributed by atoms with Gasteiger partial charge < -0.3 is 10.4 Å². The van der Waals surface area contributed by atoms with Gasteiger partial charge in [0.2, 0.25) is 5.91 Å². The topological polar surface area (TPSA) is 90.2 Å². The molecule has 0 saturated heterocycles. The van der Waals surface area contributed by atoms with Crippen LogP contribution in [0, 0.1) is 23.2 Å². The summed E-state index contributed by atoms with van der Waals surface area (Å²) in [6.07, 6.45) is 1.47. The fraction of sp³-hybridized carbons (Fsp3) is 0.667. The Morgan fingerprint density at radius 2 is 2.21 bits per heavy atom. The van der Waals surface area contributed by atoms with E-state index in [1.807, 2.05) is 6.07 Å². The van der Waals surface area contributed by atoms with Crippen molar-refractivity contribution in [1.29, 1.82) is 5.26 Å². The summed E-state index contributed by atoms with van der Waals surface area (Å²) in [5.41, 5.74) is 0. The summed E-state index contributed by atoms with van der Waals surface area (Å²) in [4.78, 5) is 21.7. The van der Waals surface area contributed by atoms with Gasteiger partial charge in [0.25, 0.3) is 0 Å². The second-order valence-corrected chi connectivity index (χ2v) is 3.34. The minimum Gasteiger partial charge on any atom is -0.481 e. The highest BCUT2D eigenvalue weighted by molar-refractivity contribution is 5.89. The predicted octanol–water partition coefficient (Wildman–Crippen LogP) is 0.127. The van der Waals surface area contributed by atoms with Crippen LogP contribution in [0.5, 0.6) is 0 Å². The van der Waals surface area contributed by atoms with Crippen molar-refractivity contribution >= 4 is 11.9 Å². The number of nitriles is 1. The number of carboxylic acids is 1. The van der Waals surface area contributed by atoms with Gasteiger partial charge in [-0.3, -0.25) is 9.59 Å². The van der Waals surface area contributed by atoms with Crippen LogP contribution in [-0.2, 0) is 9.59 Å². The van der Waals surface area contributed by atoms with Crippen LogP contribution in [0.4, 0.5) is 0 Å². The first kappa shape index (κ1) is 10.5. The molecule has 1 saturated carbocycles. The van der Waals surface area contributed by atoms with Gasteiger partial charge in [-0.15, -0.1) is 0 Å². The van der Waals surface area contributed by atoms with Crippen molar-refractivity contribution < 1.29 is 14.7 Å². The summed E-state index contributed by atoms with van der Waals surface area (Å²) >= 11 is 0. The fourth-order valence-corrected chi connectivity index (χ4v) is 1.27. The molecular weight excluding hydrogens is 184 g/mol. The quantitative estimate of drug-likeness (QED) is 0.611. The van der Waals surface area contributed by atoms with E-state index in [1.165, 1.54) is 0 Å². The molecule has 0 aliphatic heterocycles. The zero-order valence-corrected chi connectivity index (χ0v) is 7.69. The number of nitrogens with zero attached hydrogens (tertiary/aromatic N) is 1. The van der Waals surface area contributed by atoms with E-state index in [-0.39, 0.29) is 11.8 Å². The van der Waals surface area contributed by atoms with Gasteiger partial charge in [0.15, 0.2) is 0 Å². The maximum atomic E-state index is 11.2. The molecule has 1 rings (SSSR count). The van der Waals surface area contributed by atoms with Crippen LogP contribution >= 0.6 is 0 Å². The van der Waals surface area contributed by atoms with Gasteiger partial charge in [-0.2, -0.15) is 5.26 Å². The third-order valence-electron chi connectivity index (χ3n) is 2.21. The largest absolute Gasteiger partial charge is 0.481 e. The highest BCUT2D eigenvalue weighted by Crippen LogP contribution is 2.38. The molecule has 0 bridgehead atoms. The van der Waals surface area contributed by atoms with Gasteiger partial charge >= 0.3 is 5.97 Å².